The van der Waals surface area contributed by atoms with Gasteiger partial charge in [0.2, 0.25) is 11.8 Å². The molecule has 1 saturated heterocycles. The third-order valence-corrected chi connectivity index (χ3v) is 5.47. The van der Waals surface area contributed by atoms with E-state index in [1.54, 1.807) is 0 Å². The number of hydrogen-bond donors (Lipinski definition) is 1. The number of rotatable bonds is 17. The molecule has 0 saturated carbocycles. The van der Waals surface area contributed by atoms with Crippen molar-refractivity contribution in [3.05, 3.63) is 0 Å². The van der Waals surface area contributed by atoms with Crippen molar-refractivity contribution in [2.24, 2.45) is 5.92 Å². The zero-order valence-electron chi connectivity index (χ0n) is 16.6. The molecular weight excluding hydrogens is 310 g/mol. The van der Waals surface area contributed by atoms with E-state index < -0.39 is 0 Å². The Morgan fingerprint density at radius 3 is 1.44 bits per heavy atom. The summed E-state index contributed by atoms with van der Waals surface area (Å²) >= 11 is 0. The molecule has 146 valence electrons. The fourth-order valence-corrected chi connectivity index (χ4v) is 3.78. The van der Waals surface area contributed by atoms with Gasteiger partial charge in [0.1, 0.15) is 0 Å². The Morgan fingerprint density at radius 1 is 0.680 bits per heavy atom. The van der Waals surface area contributed by atoms with Crippen molar-refractivity contribution in [1.29, 1.82) is 0 Å². The quantitative estimate of drug-likeness (QED) is 0.247. The molecule has 0 aromatic carbocycles. The van der Waals surface area contributed by atoms with Crippen LogP contribution in [0.3, 0.4) is 0 Å². The highest BCUT2D eigenvalue weighted by Gasteiger charge is 2.29. The van der Waals surface area contributed by atoms with E-state index in [0.717, 1.165) is 12.8 Å². The summed E-state index contributed by atoms with van der Waals surface area (Å²) in [5, 5.41) is 2.39. The van der Waals surface area contributed by atoms with E-state index >= 15 is 0 Å². The zero-order valence-corrected chi connectivity index (χ0v) is 16.6. The van der Waals surface area contributed by atoms with Crippen molar-refractivity contribution in [3.63, 3.8) is 0 Å². The van der Waals surface area contributed by atoms with Crippen LogP contribution in [0.25, 0.3) is 0 Å². The Balaban J connectivity index is 1.72. The van der Waals surface area contributed by atoms with Gasteiger partial charge in [-0.2, -0.15) is 0 Å². The number of unbranched alkanes of at least 4 members (excludes halogenated alkanes) is 15. The van der Waals surface area contributed by atoms with Crippen molar-refractivity contribution in [1.82, 2.24) is 5.32 Å². The van der Waals surface area contributed by atoms with Crippen LogP contribution in [-0.2, 0) is 9.59 Å². The van der Waals surface area contributed by atoms with Crippen LogP contribution in [-0.4, -0.2) is 11.8 Å². The lowest BCUT2D eigenvalue weighted by molar-refractivity contribution is -0.125. The van der Waals surface area contributed by atoms with Gasteiger partial charge in [0.05, 0.1) is 0 Å². The first-order valence-corrected chi connectivity index (χ1v) is 11.1. The zero-order chi connectivity index (χ0) is 18.2. The molecule has 2 amide bonds. The molecular formula is C22H41NO2. The average molecular weight is 352 g/mol. The first-order chi connectivity index (χ1) is 12.2. The van der Waals surface area contributed by atoms with Crippen LogP contribution in [0.15, 0.2) is 0 Å². The largest absolute Gasteiger partial charge is 0.296 e. The molecule has 0 aliphatic carbocycles. The molecule has 1 rings (SSSR count). The standard InChI is InChI=1S/C22H41NO2/c1-2-3-4-5-6-7-8-9-10-11-12-13-14-15-16-17-18-20-19-21(24)23-22(20)25/h20H,2-19H2,1H3,(H,23,24,25). The van der Waals surface area contributed by atoms with Crippen molar-refractivity contribution < 1.29 is 9.59 Å². The Hall–Kier alpha value is -0.860. The minimum atomic E-state index is -0.0912. The van der Waals surface area contributed by atoms with Crippen LogP contribution in [0.2, 0.25) is 0 Å². The van der Waals surface area contributed by atoms with Gasteiger partial charge in [0.25, 0.3) is 0 Å². The maximum absolute atomic E-state index is 11.4. The Kier molecular flexibility index (Phi) is 13.7. The van der Waals surface area contributed by atoms with Crippen molar-refractivity contribution >= 4 is 11.8 Å². The van der Waals surface area contributed by atoms with Crippen molar-refractivity contribution in [2.75, 3.05) is 0 Å². The second-order valence-electron chi connectivity index (χ2n) is 7.91. The van der Waals surface area contributed by atoms with E-state index in [2.05, 4.69) is 12.2 Å². The highest BCUT2D eigenvalue weighted by molar-refractivity contribution is 6.03. The van der Waals surface area contributed by atoms with E-state index in [1.165, 1.54) is 96.3 Å². The molecule has 1 aliphatic heterocycles. The summed E-state index contributed by atoms with van der Waals surface area (Å²) in [6.45, 7) is 2.28. The summed E-state index contributed by atoms with van der Waals surface area (Å²) < 4.78 is 0. The third kappa shape index (κ3) is 12.2. The predicted octanol–water partition coefficient (Wildman–Crippen LogP) is 6.30. The molecule has 3 nitrogen and oxygen atoms in total. The Morgan fingerprint density at radius 2 is 1.08 bits per heavy atom. The number of nitrogens with one attached hydrogen (secondary N) is 1. The summed E-state index contributed by atoms with van der Waals surface area (Å²) in [7, 11) is 0. The monoisotopic (exact) mass is 351 g/mol. The number of amides is 2. The van der Waals surface area contributed by atoms with Gasteiger partial charge in [-0.25, -0.2) is 0 Å². The summed E-state index contributed by atoms with van der Waals surface area (Å²) in [5.41, 5.74) is 0. The fraction of sp³-hybridized carbons (Fsp3) is 0.909. The predicted molar refractivity (Wildman–Crippen MR) is 105 cm³/mol. The molecule has 0 spiro atoms. The van der Waals surface area contributed by atoms with Crippen LogP contribution in [0.4, 0.5) is 0 Å². The highest BCUT2D eigenvalue weighted by Crippen LogP contribution is 2.19. The minimum absolute atomic E-state index is 0.0425. The van der Waals surface area contributed by atoms with Gasteiger partial charge in [-0.1, -0.05) is 110 Å². The molecule has 1 atom stereocenters. The lowest BCUT2D eigenvalue weighted by atomic mass is 9.98. The molecule has 0 bridgehead atoms. The van der Waals surface area contributed by atoms with Gasteiger partial charge < -0.3 is 0 Å². The molecule has 1 unspecified atom stereocenters. The van der Waals surface area contributed by atoms with Gasteiger partial charge in [-0.3, -0.25) is 14.9 Å². The first kappa shape index (κ1) is 22.2. The number of carbonyl (C=O) groups is 2. The molecule has 0 radical (unpaired) electrons. The highest BCUT2D eigenvalue weighted by atomic mass is 16.2. The molecule has 3 heteroatoms. The summed E-state index contributed by atoms with van der Waals surface area (Å²) in [6.07, 6.45) is 23.1. The van der Waals surface area contributed by atoms with Crippen LogP contribution < -0.4 is 5.32 Å². The molecule has 25 heavy (non-hydrogen) atoms. The maximum atomic E-state index is 11.4. The van der Waals surface area contributed by atoms with Crippen molar-refractivity contribution in [2.45, 2.75) is 122 Å². The lowest BCUT2D eigenvalue weighted by Gasteiger charge is -2.06. The number of imide groups is 1. The molecule has 1 N–H and O–H groups in total. The average Bonchev–Trinajstić information content (AvgIpc) is 2.92. The van der Waals surface area contributed by atoms with Gasteiger partial charge in [0, 0.05) is 12.3 Å². The molecule has 1 heterocycles. The smallest absolute Gasteiger partial charge is 0.230 e. The number of carbonyl (C=O) groups excluding carboxylic acids is 2. The van der Waals surface area contributed by atoms with Crippen LogP contribution in [0.1, 0.15) is 122 Å². The summed E-state index contributed by atoms with van der Waals surface area (Å²) in [6, 6.07) is 0. The number of hydrogen-bond acceptors (Lipinski definition) is 2. The van der Waals surface area contributed by atoms with Gasteiger partial charge >= 0.3 is 0 Å². The van der Waals surface area contributed by atoms with E-state index in [9.17, 15) is 9.59 Å². The normalized spacial score (nSPS) is 17.2. The van der Waals surface area contributed by atoms with Crippen LogP contribution in [0.5, 0.6) is 0 Å². The minimum Gasteiger partial charge on any atom is -0.296 e. The van der Waals surface area contributed by atoms with Gasteiger partial charge in [0.15, 0.2) is 0 Å². The van der Waals surface area contributed by atoms with E-state index in [0.29, 0.717) is 6.42 Å². The van der Waals surface area contributed by atoms with E-state index in [4.69, 9.17) is 0 Å². The molecule has 0 aromatic heterocycles. The van der Waals surface area contributed by atoms with Crippen molar-refractivity contribution in [3.8, 4) is 0 Å². The lowest BCUT2D eigenvalue weighted by Crippen LogP contribution is -2.21. The second-order valence-corrected chi connectivity index (χ2v) is 7.91. The molecule has 0 aromatic rings. The molecule has 1 aliphatic rings. The Labute approximate surface area is 155 Å². The second kappa shape index (κ2) is 15.4. The SMILES string of the molecule is CCCCCCCCCCCCCCCCCCC1CC(=O)NC1=O. The fourth-order valence-electron chi connectivity index (χ4n) is 3.78. The third-order valence-electron chi connectivity index (χ3n) is 5.47. The molecule has 1 fully saturated rings. The Bertz CT molecular complexity index is 354. The van der Waals surface area contributed by atoms with Gasteiger partial charge in [-0.05, 0) is 6.42 Å². The summed E-state index contributed by atoms with van der Waals surface area (Å²) in [5.74, 6) is -0.184. The van der Waals surface area contributed by atoms with E-state index in [1.807, 2.05) is 0 Å². The topological polar surface area (TPSA) is 46.2 Å². The van der Waals surface area contributed by atoms with E-state index in [-0.39, 0.29) is 17.7 Å². The first-order valence-electron chi connectivity index (χ1n) is 11.1. The van der Waals surface area contributed by atoms with Crippen LogP contribution in [0, 0.1) is 5.92 Å². The van der Waals surface area contributed by atoms with Gasteiger partial charge in [-0.15, -0.1) is 0 Å². The van der Waals surface area contributed by atoms with Crippen LogP contribution >= 0.6 is 0 Å². The maximum Gasteiger partial charge on any atom is 0.230 e. The summed E-state index contributed by atoms with van der Waals surface area (Å²) in [4.78, 5) is 22.5.